The van der Waals surface area contributed by atoms with Crippen LogP contribution in [0.5, 0.6) is 0 Å². The van der Waals surface area contributed by atoms with Crippen LogP contribution >= 0.6 is 0 Å². The molecule has 0 unspecified atom stereocenters. The topological polar surface area (TPSA) is 26.3 Å². The highest BCUT2D eigenvalue weighted by Crippen LogP contribution is 2.29. The maximum atomic E-state index is 11.3. The fraction of sp³-hybridized carbons (Fsp3) is 0.900. The highest BCUT2D eigenvalue weighted by atomic mass is 16.5. The summed E-state index contributed by atoms with van der Waals surface area (Å²) in [4.78, 5) is 11.3. The number of carbonyl (C=O) groups excluding carboxylic acids is 1. The van der Waals surface area contributed by atoms with Crippen LogP contribution < -0.4 is 0 Å². The average Bonchev–Trinajstić information content (AvgIpc) is 2.12. The van der Waals surface area contributed by atoms with Crippen molar-refractivity contribution in [3.8, 4) is 0 Å². The van der Waals surface area contributed by atoms with Gasteiger partial charge in [0.25, 0.3) is 0 Å². The maximum absolute atomic E-state index is 11.3. The maximum Gasteiger partial charge on any atom is 0.311 e. The molecule has 0 radical (unpaired) electrons. The average molecular weight is 172 g/mol. The van der Waals surface area contributed by atoms with Gasteiger partial charge in [-0.05, 0) is 19.8 Å². The lowest BCUT2D eigenvalue weighted by atomic mass is 9.82. The number of unbranched alkanes of at least 4 members (excludes halogenated alkanes) is 1. The first-order chi connectivity index (χ1) is 5.60. The van der Waals surface area contributed by atoms with E-state index in [4.69, 9.17) is 4.74 Å². The largest absolute Gasteiger partial charge is 0.469 e. The van der Waals surface area contributed by atoms with E-state index >= 15 is 0 Å². The van der Waals surface area contributed by atoms with Gasteiger partial charge in [-0.2, -0.15) is 0 Å². The van der Waals surface area contributed by atoms with Gasteiger partial charge in [-0.25, -0.2) is 0 Å². The lowest BCUT2D eigenvalue weighted by molar-refractivity contribution is -0.152. The number of carbonyl (C=O) groups is 1. The van der Waals surface area contributed by atoms with Gasteiger partial charge in [0.2, 0.25) is 0 Å². The zero-order valence-corrected chi connectivity index (χ0v) is 8.64. The van der Waals surface area contributed by atoms with Crippen molar-refractivity contribution in [2.24, 2.45) is 5.41 Å². The summed E-state index contributed by atoms with van der Waals surface area (Å²) in [5.74, 6) is -0.0709. The number of ether oxygens (including phenoxy) is 1. The van der Waals surface area contributed by atoms with Crippen LogP contribution in [0.4, 0.5) is 0 Å². The van der Waals surface area contributed by atoms with Crippen LogP contribution in [-0.2, 0) is 9.53 Å². The molecule has 0 saturated heterocycles. The third-order valence-corrected chi connectivity index (χ3v) is 2.54. The van der Waals surface area contributed by atoms with Crippen molar-refractivity contribution in [1.82, 2.24) is 0 Å². The van der Waals surface area contributed by atoms with E-state index in [2.05, 4.69) is 6.92 Å². The summed E-state index contributed by atoms with van der Waals surface area (Å²) >= 11 is 0. The lowest BCUT2D eigenvalue weighted by Gasteiger charge is -2.24. The molecule has 72 valence electrons. The number of rotatable bonds is 5. The zero-order valence-electron chi connectivity index (χ0n) is 8.64. The Morgan fingerprint density at radius 1 is 1.42 bits per heavy atom. The van der Waals surface area contributed by atoms with Crippen molar-refractivity contribution in [3.63, 3.8) is 0 Å². The molecule has 0 amide bonds. The van der Waals surface area contributed by atoms with Gasteiger partial charge < -0.3 is 4.74 Å². The molecule has 2 heteroatoms. The Bertz CT molecular complexity index is 143. The van der Waals surface area contributed by atoms with Crippen LogP contribution in [0.15, 0.2) is 0 Å². The number of esters is 1. The molecule has 1 atom stereocenters. The minimum atomic E-state index is -0.259. The van der Waals surface area contributed by atoms with E-state index in [-0.39, 0.29) is 11.4 Å². The number of methoxy groups -OCH3 is 1. The Kier molecular flexibility index (Phi) is 4.95. The molecule has 12 heavy (non-hydrogen) atoms. The first-order valence-corrected chi connectivity index (χ1v) is 4.69. The van der Waals surface area contributed by atoms with Crippen LogP contribution in [-0.4, -0.2) is 13.1 Å². The zero-order chi connectivity index (χ0) is 9.61. The summed E-state index contributed by atoms with van der Waals surface area (Å²) in [7, 11) is 1.46. The van der Waals surface area contributed by atoms with Crippen molar-refractivity contribution in [2.75, 3.05) is 7.11 Å². The lowest BCUT2D eigenvalue weighted by Crippen LogP contribution is -2.28. The molecule has 0 heterocycles. The monoisotopic (exact) mass is 172 g/mol. The summed E-state index contributed by atoms with van der Waals surface area (Å²) in [6.07, 6.45) is 4.03. The van der Waals surface area contributed by atoms with Gasteiger partial charge in [0, 0.05) is 0 Å². The van der Waals surface area contributed by atoms with Gasteiger partial charge in [0.1, 0.15) is 0 Å². The minimum absolute atomic E-state index is 0.0709. The fourth-order valence-electron chi connectivity index (χ4n) is 1.24. The van der Waals surface area contributed by atoms with Gasteiger partial charge in [-0.3, -0.25) is 4.79 Å². The van der Waals surface area contributed by atoms with Gasteiger partial charge in [-0.1, -0.05) is 26.7 Å². The molecule has 0 aliphatic rings. The second-order valence-electron chi connectivity index (χ2n) is 3.51. The van der Waals surface area contributed by atoms with Gasteiger partial charge in [-0.15, -0.1) is 0 Å². The van der Waals surface area contributed by atoms with Gasteiger partial charge in [0.05, 0.1) is 12.5 Å². The molecule has 0 aromatic carbocycles. The summed E-state index contributed by atoms with van der Waals surface area (Å²) in [5, 5.41) is 0. The third kappa shape index (κ3) is 2.84. The van der Waals surface area contributed by atoms with E-state index in [0.29, 0.717) is 0 Å². The molecule has 2 nitrogen and oxygen atoms in total. The molecule has 0 aliphatic heterocycles. The van der Waals surface area contributed by atoms with Crippen LogP contribution in [0.1, 0.15) is 46.5 Å². The first-order valence-electron chi connectivity index (χ1n) is 4.69. The van der Waals surface area contributed by atoms with Gasteiger partial charge in [0.15, 0.2) is 0 Å². The van der Waals surface area contributed by atoms with E-state index in [1.807, 2.05) is 13.8 Å². The molecule has 0 N–H and O–H groups in total. The van der Waals surface area contributed by atoms with Crippen molar-refractivity contribution in [2.45, 2.75) is 46.5 Å². The predicted octanol–water partition coefficient (Wildman–Crippen LogP) is 2.77. The van der Waals surface area contributed by atoms with E-state index in [0.717, 1.165) is 25.7 Å². The van der Waals surface area contributed by atoms with Crippen LogP contribution in [0.2, 0.25) is 0 Å². The Hall–Kier alpha value is -0.530. The fourth-order valence-corrected chi connectivity index (χ4v) is 1.24. The van der Waals surface area contributed by atoms with Crippen molar-refractivity contribution >= 4 is 5.97 Å². The van der Waals surface area contributed by atoms with E-state index in [1.165, 1.54) is 7.11 Å². The first kappa shape index (κ1) is 11.5. The van der Waals surface area contributed by atoms with Crippen molar-refractivity contribution in [1.29, 1.82) is 0 Å². The second kappa shape index (κ2) is 5.18. The Morgan fingerprint density at radius 3 is 2.33 bits per heavy atom. The van der Waals surface area contributed by atoms with E-state index in [1.54, 1.807) is 0 Å². The molecular formula is C10H20O2. The molecule has 0 spiro atoms. The Morgan fingerprint density at radius 2 is 2.00 bits per heavy atom. The highest BCUT2D eigenvalue weighted by molar-refractivity contribution is 5.76. The summed E-state index contributed by atoms with van der Waals surface area (Å²) < 4.78 is 4.76. The van der Waals surface area contributed by atoms with Gasteiger partial charge >= 0.3 is 5.97 Å². The SMILES string of the molecule is CCCC[C@](C)(CC)C(=O)OC. The summed E-state index contributed by atoms with van der Waals surface area (Å²) in [6, 6.07) is 0. The Balaban J connectivity index is 4.13. The standard InChI is InChI=1S/C10H20O2/c1-5-7-8-10(3,6-2)9(11)12-4/h5-8H2,1-4H3/t10-/m0/s1. The van der Waals surface area contributed by atoms with E-state index in [9.17, 15) is 4.79 Å². The third-order valence-electron chi connectivity index (χ3n) is 2.54. The normalized spacial score (nSPS) is 15.3. The van der Waals surface area contributed by atoms with Crippen LogP contribution in [0, 0.1) is 5.41 Å². The van der Waals surface area contributed by atoms with Crippen molar-refractivity contribution < 1.29 is 9.53 Å². The second-order valence-corrected chi connectivity index (χ2v) is 3.51. The van der Waals surface area contributed by atoms with Crippen LogP contribution in [0.3, 0.4) is 0 Å². The molecule has 0 bridgehead atoms. The minimum Gasteiger partial charge on any atom is -0.469 e. The number of hydrogen-bond donors (Lipinski definition) is 0. The molecule has 0 rings (SSSR count). The molecule has 0 aromatic heterocycles. The van der Waals surface area contributed by atoms with E-state index < -0.39 is 0 Å². The smallest absolute Gasteiger partial charge is 0.311 e. The Labute approximate surface area is 75.3 Å². The molecule has 0 saturated carbocycles. The molecule has 0 aromatic rings. The molecule has 0 fully saturated rings. The highest BCUT2D eigenvalue weighted by Gasteiger charge is 2.31. The summed E-state index contributed by atoms with van der Waals surface area (Å²) in [5.41, 5.74) is -0.259. The molecule has 0 aliphatic carbocycles. The quantitative estimate of drug-likeness (QED) is 0.596. The summed E-state index contributed by atoms with van der Waals surface area (Å²) in [6.45, 7) is 6.15. The predicted molar refractivity (Wildman–Crippen MR) is 49.9 cm³/mol. The van der Waals surface area contributed by atoms with Crippen LogP contribution in [0.25, 0.3) is 0 Å². The molecular weight excluding hydrogens is 152 g/mol. The van der Waals surface area contributed by atoms with Crippen molar-refractivity contribution in [3.05, 3.63) is 0 Å². The number of hydrogen-bond acceptors (Lipinski definition) is 2.